The minimum absolute atomic E-state index is 0.252. The van der Waals surface area contributed by atoms with Crippen LogP contribution in [-0.2, 0) is 0 Å². The average Bonchev–Trinajstić information content (AvgIpc) is 3.09. The molecule has 1 aromatic heterocycles. The molecule has 0 unspecified atom stereocenters. The van der Waals surface area contributed by atoms with Crippen LogP contribution in [0.25, 0.3) is 10.6 Å². The minimum atomic E-state index is -0.960. The van der Waals surface area contributed by atoms with Gasteiger partial charge in [-0.1, -0.05) is 24.3 Å². The Morgan fingerprint density at radius 2 is 1.75 bits per heavy atom. The van der Waals surface area contributed by atoms with Crippen LogP contribution in [0.3, 0.4) is 0 Å². The molecular formula is C21H21NO5S. The van der Waals surface area contributed by atoms with Crippen molar-refractivity contribution in [3.05, 3.63) is 59.1 Å². The largest absolute Gasteiger partial charge is 0.490 e. The van der Waals surface area contributed by atoms with Gasteiger partial charge in [-0.2, -0.15) is 0 Å². The van der Waals surface area contributed by atoms with Crippen molar-refractivity contribution >= 4 is 17.3 Å². The summed E-state index contributed by atoms with van der Waals surface area (Å²) in [5.74, 6) is 1.10. The van der Waals surface area contributed by atoms with Gasteiger partial charge in [-0.3, -0.25) is 0 Å². The summed E-state index contributed by atoms with van der Waals surface area (Å²) < 4.78 is 17.0. The zero-order chi connectivity index (χ0) is 19.9. The van der Waals surface area contributed by atoms with Crippen LogP contribution >= 0.6 is 11.3 Å². The fourth-order valence-corrected chi connectivity index (χ4v) is 3.49. The highest BCUT2D eigenvalue weighted by molar-refractivity contribution is 7.17. The van der Waals surface area contributed by atoms with Crippen molar-refractivity contribution in [3.8, 4) is 27.8 Å². The third kappa shape index (κ3) is 4.80. The summed E-state index contributed by atoms with van der Waals surface area (Å²) in [6.45, 7) is 4.93. The van der Waals surface area contributed by atoms with Gasteiger partial charge in [0, 0.05) is 5.56 Å². The Kier molecular flexibility index (Phi) is 6.49. The predicted molar refractivity (Wildman–Crippen MR) is 108 cm³/mol. The van der Waals surface area contributed by atoms with Crippen LogP contribution in [0.4, 0.5) is 0 Å². The molecule has 0 spiro atoms. The van der Waals surface area contributed by atoms with E-state index in [2.05, 4.69) is 4.98 Å². The van der Waals surface area contributed by atoms with E-state index in [4.69, 9.17) is 14.2 Å². The first-order chi connectivity index (χ1) is 13.6. The summed E-state index contributed by atoms with van der Waals surface area (Å²) in [5, 5.41) is 9.85. The monoisotopic (exact) mass is 399 g/mol. The van der Waals surface area contributed by atoms with E-state index in [1.54, 1.807) is 6.92 Å². The molecule has 146 valence electrons. The van der Waals surface area contributed by atoms with Crippen molar-refractivity contribution in [1.29, 1.82) is 0 Å². The molecule has 3 rings (SSSR count). The van der Waals surface area contributed by atoms with E-state index in [9.17, 15) is 9.90 Å². The molecule has 1 N–H and O–H groups in total. The minimum Gasteiger partial charge on any atom is -0.490 e. The number of carboxylic acids is 1. The Hall–Kier alpha value is -3.06. The number of aryl methyl sites for hydroxylation is 1. The Morgan fingerprint density at radius 1 is 1.04 bits per heavy atom. The van der Waals surface area contributed by atoms with Gasteiger partial charge in [-0.25, -0.2) is 9.78 Å². The first kappa shape index (κ1) is 19.7. The SMILES string of the molecule is CCOc1ccccc1OCCOc1cccc(-c2nc(C)c(C(=O)O)s2)c1. The number of hydrogen-bond acceptors (Lipinski definition) is 6. The summed E-state index contributed by atoms with van der Waals surface area (Å²) in [7, 11) is 0. The fraction of sp³-hybridized carbons (Fsp3) is 0.238. The molecule has 0 amide bonds. The maximum Gasteiger partial charge on any atom is 0.347 e. The molecule has 2 aromatic carbocycles. The van der Waals surface area contributed by atoms with Crippen molar-refractivity contribution in [1.82, 2.24) is 4.98 Å². The lowest BCUT2D eigenvalue weighted by molar-refractivity contribution is 0.0701. The number of nitrogens with zero attached hydrogens (tertiary/aromatic N) is 1. The Bertz CT molecular complexity index is 953. The number of para-hydroxylation sites is 2. The highest BCUT2D eigenvalue weighted by Crippen LogP contribution is 2.30. The Labute approximate surface area is 167 Å². The molecular weight excluding hydrogens is 378 g/mol. The van der Waals surface area contributed by atoms with E-state index in [-0.39, 0.29) is 4.88 Å². The van der Waals surface area contributed by atoms with Gasteiger partial charge in [-0.05, 0) is 38.1 Å². The average molecular weight is 399 g/mol. The summed E-state index contributed by atoms with van der Waals surface area (Å²) in [6, 6.07) is 14.9. The Balaban J connectivity index is 1.60. The Morgan fingerprint density at radius 3 is 2.43 bits per heavy atom. The van der Waals surface area contributed by atoms with Gasteiger partial charge in [-0.15, -0.1) is 11.3 Å². The summed E-state index contributed by atoms with van der Waals surface area (Å²) >= 11 is 1.16. The van der Waals surface area contributed by atoms with Crippen molar-refractivity contribution in [2.45, 2.75) is 13.8 Å². The molecule has 0 radical (unpaired) electrons. The normalized spacial score (nSPS) is 10.5. The predicted octanol–water partition coefficient (Wildman–Crippen LogP) is 4.67. The number of rotatable bonds is 9. The van der Waals surface area contributed by atoms with Crippen LogP contribution in [0.1, 0.15) is 22.3 Å². The molecule has 7 heteroatoms. The molecule has 6 nitrogen and oxygen atoms in total. The lowest BCUT2D eigenvalue weighted by Gasteiger charge is -2.12. The van der Waals surface area contributed by atoms with Gasteiger partial charge in [0.25, 0.3) is 0 Å². The van der Waals surface area contributed by atoms with E-state index >= 15 is 0 Å². The first-order valence-electron chi connectivity index (χ1n) is 8.87. The lowest BCUT2D eigenvalue weighted by atomic mass is 10.2. The molecule has 0 atom stereocenters. The summed E-state index contributed by atoms with van der Waals surface area (Å²) in [6.07, 6.45) is 0. The second-order valence-electron chi connectivity index (χ2n) is 5.84. The quantitative estimate of drug-likeness (QED) is 0.527. The number of benzene rings is 2. The van der Waals surface area contributed by atoms with Gasteiger partial charge >= 0.3 is 5.97 Å². The van der Waals surface area contributed by atoms with Crippen LogP contribution in [0, 0.1) is 6.92 Å². The van der Waals surface area contributed by atoms with E-state index in [0.717, 1.165) is 16.9 Å². The van der Waals surface area contributed by atoms with Gasteiger partial charge in [0.15, 0.2) is 11.5 Å². The van der Waals surface area contributed by atoms with E-state index < -0.39 is 5.97 Å². The number of aromatic carboxylic acids is 1. The molecule has 0 bridgehead atoms. The first-order valence-corrected chi connectivity index (χ1v) is 9.68. The molecule has 0 saturated carbocycles. The van der Waals surface area contributed by atoms with Crippen molar-refractivity contribution in [2.24, 2.45) is 0 Å². The molecule has 1 heterocycles. The molecule has 0 aliphatic carbocycles. The van der Waals surface area contributed by atoms with Crippen LogP contribution in [-0.4, -0.2) is 35.9 Å². The lowest BCUT2D eigenvalue weighted by Crippen LogP contribution is -2.09. The van der Waals surface area contributed by atoms with Crippen LogP contribution < -0.4 is 14.2 Å². The maximum absolute atomic E-state index is 11.2. The number of ether oxygens (including phenoxy) is 3. The number of carbonyl (C=O) groups is 1. The van der Waals surface area contributed by atoms with Crippen molar-refractivity contribution in [2.75, 3.05) is 19.8 Å². The smallest absolute Gasteiger partial charge is 0.347 e. The number of thiazole rings is 1. The molecule has 0 aliphatic rings. The maximum atomic E-state index is 11.2. The van der Waals surface area contributed by atoms with Crippen LogP contribution in [0.15, 0.2) is 48.5 Å². The molecule has 0 aliphatic heterocycles. The van der Waals surface area contributed by atoms with Gasteiger partial charge < -0.3 is 19.3 Å². The zero-order valence-electron chi connectivity index (χ0n) is 15.7. The molecule has 0 saturated heterocycles. The number of aromatic nitrogens is 1. The van der Waals surface area contributed by atoms with Gasteiger partial charge in [0.2, 0.25) is 0 Å². The summed E-state index contributed by atoms with van der Waals surface area (Å²) in [4.78, 5) is 15.8. The van der Waals surface area contributed by atoms with E-state index in [0.29, 0.717) is 47.8 Å². The van der Waals surface area contributed by atoms with E-state index in [1.807, 2.05) is 55.5 Å². The van der Waals surface area contributed by atoms with Crippen molar-refractivity contribution < 1.29 is 24.1 Å². The van der Waals surface area contributed by atoms with E-state index in [1.165, 1.54) is 0 Å². The fourth-order valence-electron chi connectivity index (χ4n) is 2.59. The van der Waals surface area contributed by atoms with Crippen molar-refractivity contribution in [3.63, 3.8) is 0 Å². The zero-order valence-corrected chi connectivity index (χ0v) is 16.5. The molecule has 28 heavy (non-hydrogen) atoms. The highest BCUT2D eigenvalue weighted by atomic mass is 32.1. The summed E-state index contributed by atoms with van der Waals surface area (Å²) in [5.41, 5.74) is 1.33. The number of carboxylic acid groups (broad SMARTS) is 1. The standard InChI is InChI=1S/C21H21NO5S/c1-3-25-17-9-4-5-10-18(17)27-12-11-26-16-8-6-7-15(13-16)20-22-14(2)19(28-20)21(23)24/h4-10,13H,3,11-12H2,1-2H3,(H,23,24). The van der Waals surface area contributed by atoms with Gasteiger partial charge in [0.1, 0.15) is 28.8 Å². The highest BCUT2D eigenvalue weighted by Gasteiger charge is 2.15. The van der Waals surface area contributed by atoms with Crippen LogP contribution in [0.2, 0.25) is 0 Å². The van der Waals surface area contributed by atoms with Gasteiger partial charge in [0.05, 0.1) is 12.3 Å². The third-order valence-corrected chi connectivity index (χ3v) is 5.02. The second kappa shape index (κ2) is 9.23. The topological polar surface area (TPSA) is 77.9 Å². The molecule has 3 aromatic rings. The number of hydrogen-bond donors (Lipinski definition) is 1. The second-order valence-corrected chi connectivity index (χ2v) is 6.84. The third-order valence-electron chi connectivity index (χ3n) is 3.83. The van der Waals surface area contributed by atoms with Crippen LogP contribution in [0.5, 0.6) is 17.2 Å². The molecule has 0 fully saturated rings.